The van der Waals surface area contributed by atoms with Gasteiger partial charge in [0.15, 0.2) is 0 Å². The van der Waals surface area contributed by atoms with Gasteiger partial charge in [0.1, 0.15) is 17.8 Å². The quantitative estimate of drug-likeness (QED) is 0.758. The number of rotatable bonds is 3. The van der Waals surface area contributed by atoms with Crippen LogP contribution in [0.2, 0.25) is 0 Å². The number of aromatic nitrogens is 4. The van der Waals surface area contributed by atoms with Crippen LogP contribution in [0, 0.1) is 0 Å². The van der Waals surface area contributed by atoms with E-state index in [0.717, 1.165) is 18.6 Å². The SMILES string of the molecule is COc1ccc2c(c1)CCN(C(=O)c1ccc(-n3cnnn3)cc1O)CC2. The number of nitrogens with zero attached hydrogens (tertiary/aromatic N) is 5. The summed E-state index contributed by atoms with van der Waals surface area (Å²) in [6, 6.07) is 10.8. The van der Waals surface area contributed by atoms with Crippen molar-refractivity contribution in [2.75, 3.05) is 20.2 Å². The van der Waals surface area contributed by atoms with Gasteiger partial charge in [0.25, 0.3) is 5.91 Å². The predicted molar refractivity (Wildman–Crippen MR) is 97.1 cm³/mol. The molecule has 2 aromatic carbocycles. The number of phenolic OH excluding ortho intramolecular Hbond substituents is 1. The number of ether oxygens (including phenoxy) is 1. The molecule has 0 saturated carbocycles. The summed E-state index contributed by atoms with van der Waals surface area (Å²) in [5.74, 6) is 0.552. The summed E-state index contributed by atoms with van der Waals surface area (Å²) in [6.45, 7) is 1.19. The zero-order valence-electron chi connectivity index (χ0n) is 14.9. The van der Waals surface area contributed by atoms with Crippen molar-refractivity contribution in [3.8, 4) is 17.2 Å². The van der Waals surface area contributed by atoms with Gasteiger partial charge in [-0.1, -0.05) is 6.07 Å². The average molecular weight is 365 g/mol. The van der Waals surface area contributed by atoms with Crippen LogP contribution in [0.4, 0.5) is 0 Å². The fourth-order valence-corrected chi connectivity index (χ4v) is 3.32. The minimum Gasteiger partial charge on any atom is -0.507 e. The molecule has 1 aliphatic rings. The van der Waals surface area contributed by atoms with Crippen LogP contribution in [-0.2, 0) is 12.8 Å². The van der Waals surface area contributed by atoms with Crippen molar-refractivity contribution in [1.82, 2.24) is 25.1 Å². The number of amides is 1. The number of carbonyl (C=O) groups excluding carboxylic acids is 1. The molecular weight excluding hydrogens is 346 g/mol. The topological polar surface area (TPSA) is 93.4 Å². The third-order valence-electron chi connectivity index (χ3n) is 4.83. The Morgan fingerprint density at radius 1 is 1.11 bits per heavy atom. The number of carbonyl (C=O) groups is 1. The van der Waals surface area contributed by atoms with Crippen LogP contribution in [0.25, 0.3) is 5.69 Å². The molecule has 0 fully saturated rings. The van der Waals surface area contributed by atoms with E-state index in [9.17, 15) is 9.90 Å². The van der Waals surface area contributed by atoms with Gasteiger partial charge < -0.3 is 14.7 Å². The number of fused-ring (bicyclic) bond motifs is 1. The average Bonchev–Trinajstić information content (AvgIpc) is 3.14. The monoisotopic (exact) mass is 365 g/mol. The van der Waals surface area contributed by atoms with Crippen LogP contribution >= 0.6 is 0 Å². The number of benzene rings is 2. The molecule has 3 aromatic rings. The smallest absolute Gasteiger partial charge is 0.257 e. The van der Waals surface area contributed by atoms with Gasteiger partial charge in [0, 0.05) is 19.2 Å². The van der Waals surface area contributed by atoms with Crippen molar-refractivity contribution < 1.29 is 14.6 Å². The van der Waals surface area contributed by atoms with E-state index in [1.54, 1.807) is 24.1 Å². The van der Waals surface area contributed by atoms with E-state index in [2.05, 4.69) is 21.6 Å². The highest BCUT2D eigenvalue weighted by molar-refractivity contribution is 5.97. The zero-order chi connectivity index (χ0) is 18.8. The maximum Gasteiger partial charge on any atom is 0.257 e. The summed E-state index contributed by atoms with van der Waals surface area (Å²) >= 11 is 0. The number of aromatic hydroxyl groups is 1. The Bertz CT molecular complexity index is 971. The van der Waals surface area contributed by atoms with E-state index in [-0.39, 0.29) is 17.2 Å². The molecule has 0 atom stereocenters. The lowest BCUT2D eigenvalue weighted by molar-refractivity contribution is 0.0760. The van der Waals surface area contributed by atoms with Gasteiger partial charge in [-0.3, -0.25) is 4.79 Å². The fourth-order valence-electron chi connectivity index (χ4n) is 3.32. The van der Waals surface area contributed by atoms with Crippen LogP contribution in [0.3, 0.4) is 0 Å². The molecule has 2 heterocycles. The summed E-state index contributed by atoms with van der Waals surface area (Å²) in [7, 11) is 1.65. The molecule has 4 rings (SSSR count). The molecule has 0 bridgehead atoms. The summed E-state index contributed by atoms with van der Waals surface area (Å²) in [6.07, 6.45) is 2.95. The first-order chi connectivity index (χ1) is 13.2. The van der Waals surface area contributed by atoms with E-state index in [0.29, 0.717) is 18.8 Å². The molecule has 0 aliphatic carbocycles. The van der Waals surface area contributed by atoms with Crippen molar-refractivity contribution in [1.29, 1.82) is 0 Å². The molecule has 0 radical (unpaired) electrons. The van der Waals surface area contributed by atoms with Crippen LogP contribution in [-0.4, -0.2) is 56.3 Å². The van der Waals surface area contributed by atoms with Crippen molar-refractivity contribution in [2.45, 2.75) is 12.8 Å². The zero-order valence-corrected chi connectivity index (χ0v) is 14.9. The lowest BCUT2D eigenvalue weighted by atomic mass is 10.0. The van der Waals surface area contributed by atoms with E-state index in [4.69, 9.17) is 4.74 Å². The first kappa shape index (κ1) is 17.0. The van der Waals surface area contributed by atoms with E-state index >= 15 is 0 Å². The molecule has 1 N–H and O–H groups in total. The van der Waals surface area contributed by atoms with Crippen molar-refractivity contribution in [3.63, 3.8) is 0 Å². The Morgan fingerprint density at radius 3 is 2.63 bits per heavy atom. The molecule has 1 aromatic heterocycles. The van der Waals surface area contributed by atoms with Crippen LogP contribution in [0.5, 0.6) is 11.5 Å². The molecule has 0 saturated heterocycles. The Balaban J connectivity index is 1.53. The third-order valence-corrected chi connectivity index (χ3v) is 4.83. The number of tetrazole rings is 1. The molecule has 0 unspecified atom stereocenters. The second-order valence-corrected chi connectivity index (χ2v) is 6.38. The van der Waals surface area contributed by atoms with Gasteiger partial charge in [-0.05, 0) is 58.7 Å². The lowest BCUT2D eigenvalue weighted by Crippen LogP contribution is -2.33. The van der Waals surface area contributed by atoms with Gasteiger partial charge in [-0.15, -0.1) is 5.10 Å². The first-order valence-electron chi connectivity index (χ1n) is 8.67. The first-order valence-corrected chi connectivity index (χ1v) is 8.67. The van der Waals surface area contributed by atoms with E-state index in [1.807, 2.05) is 12.1 Å². The van der Waals surface area contributed by atoms with E-state index in [1.165, 1.54) is 28.2 Å². The van der Waals surface area contributed by atoms with Crippen LogP contribution in [0.15, 0.2) is 42.7 Å². The molecule has 8 nitrogen and oxygen atoms in total. The Hall–Kier alpha value is -3.42. The second kappa shape index (κ2) is 7.06. The van der Waals surface area contributed by atoms with Crippen LogP contribution < -0.4 is 4.74 Å². The normalized spacial score (nSPS) is 13.7. The minimum absolute atomic E-state index is 0.0866. The van der Waals surface area contributed by atoms with Gasteiger partial charge in [0.2, 0.25) is 0 Å². The van der Waals surface area contributed by atoms with Crippen molar-refractivity contribution in [3.05, 3.63) is 59.4 Å². The Labute approximate surface area is 156 Å². The van der Waals surface area contributed by atoms with Crippen molar-refractivity contribution >= 4 is 5.91 Å². The highest BCUT2D eigenvalue weighted by Gasteiger charge is 2.22. The summed E-state index contributed by atoms with van der Waals surface area (Å²) in [5, 5.41) is 21.3. The third kappa shape index (κ3) is 3.33. The number of phenols is 1. The van der Waals surface area contributed by atoms with Gasteiger partial charge in [0.05, 0.1) is 18.4 Å². The molecular formula is C19H19N5O3. The molecule has 0 spiro atoms. The summed E-state index contributed by atoms with van der Waals surface area (Å²) in [5.41, 5.74) is 3.28. The van der Waals surface area contributed by atoms with Gasteiger partial charge >= 0.3 is 0 Å². The molecule has 8 heteroatoms. The fraction of sp³-hybridized carbons (Fsp3) is 0.263. The summed E-state index contributed by atoms with van der Waals surface area (Å²) < 4.78 is 6.71. The molecule has 1 amide bonds. The Kier molecular flexibility index (Phi) is 4.45. The minimum atomic E-state index is -0.185. The van der Waals surface area contributed by atoms with Gasteiger partial charge in [-0.2, -0.15) is 0 Å². The molecule has 138 valence electrons. The molecule has 1 aliphatic heterocycles. The highest BCUT2D eigenvalue weighted by Crippen LogP contribution is 2.25. The maximum atomic E-state index is 12.9. The molecule has 27 heavy (non-hydrogen) atoms. The second-order valence-electron chi connectivity index (χ2n) is 6.38. The highest BCUT2D eigenvalue weighted by atomic mass is 16.5. The number of methoxy groups -OCH3 is 1. The maximum absolute atomic E-state index is 12.9. The Morgan fingerprint density at radius 2 is 1.93 bits per heavy atom. The summed E-state index contributed by atoms with van der Waals surface area (Å²) in [4.78, 5) is 14.7. The number of hydrogen-bond donors (Lipinski definition) is 1. The van der Waals surface area contributed by atoms with E-state index < -0.39 is 0 Å². The van der Waals surface area contributed by atoms with Gasteiger partial charge in [-0.25, -0.2) is 4.68 Å². The predicted octanol–water partition coefficient (Wildman–Crippen LogP) is 1.62. The lowest BCUT2D eigenvalue weighted by Gasteiger charge is -2.21. The van der Waals surface area contributed by atoms with Crippen LogP contribution in [0.1, 0.15) is 21.5 Å². The number of hydrogen-bond acceptors (Lipinski definition) is 6. The van der Waals surface area contributed by atoms with Crippen molar-refractivity contribution in [2.24, 2.45) is 0 Å². The standard InChI is InChI=1S/C19H19N5O3/c1-27-16-4-2-13-6-8-23(9-7-14(13)10-16)19(26)17-5-3-15(11-18(17)25)24-12-20-21-22-24/h2-5,10-12,25H,6-9H2,1H3. The largest absolute Gasteiger partial charge is 0.507 e.